The standard InChI is InChI=1S/C9H10O3S/c10-8(11)7-4-6(7)3-5-1-2-13-9(5)12/h3,6-7H,1-2,4H2,(H,10,11). The number of carbonyl (C=O) groups is 2. The highest BCUT2D eigenvalue weighted by Gasteiger charge is 2.42. The van der Waals surface area contributed by atoms with E-state index in [0.717, 1.165) is 17.7 Å². The fourth-order valence-electron chi connectivity index (χ4n) is 1.54. The van der Waals surface area contributed by atoms with Gasteiger partial charge in [-0.15, -0.1) is 0 Å². The fourth-order valence-corrected chi connectivity index (χ4v) is 2.40. The topological polar surface area (TPSA) is 54.4 Å². The van der Waals surface area contributed by atoms with Crippen molar-refractivity contribution < 1.29 is 14.7 Å². The minimum Gasteiger partial charge on any atom is -0.481 e. The van der Waals surface area contributed by atoms with E-state index in [4.69, 9.17) is 5.11 Å². The van der Waals surface area contributed by atoms with E-state index in [1.54, 1.807) is 0 Å². The van der Waals surface area contributed by atoms with Crippen LogP contribution in [0.4, 0.5) is 0 Å². The molecule has 0 amide bonds. The van der Waals surface area contributed by atoms with Crippen LogP contribution in [0.5, 0.6) is 0 Å². The third-order valence-electron chi connectivity index (χ3n) is 2.44. The van der Waals surface area contributed by atoms with Gasteiger partial charge in [-0.05, 0) is 18.8 Å². The number of aliphatic carboxylic acids is 1. The van der Waals surface area contributed by atoms with E-state index in [0.29, 0.717) is 6.42 Å². The lowest BCUT2D eigenvalue weighted by Gasteiger charge is -1.91. The van der Waals surface area contributed by atoms with E-state index in [2.05, 4.69) is 0 Å². The molecule has 4 heteroatoms. The van der Waals surface area contributed by atoms with Gasteiger partial charge < -0.3 is 5.11 Å². The molecule has 1 N–H and O–H groups in total. The summed E-state index contributed by atoms with van der Waals surface area (Å²) in [6.45, 7) is 0. The minimum atomic E-state index is -0.736. The van der Waals surface area contributed by atoms with Gasteiger partial charge in [0.15, 0.2) is 0 Å². The smallest absolute Gasteiger partial charge is 0.307 e. The maximum atomic E-state index is 11.2. The first-order valence-corrected chi connectivity index (χ1v) is 5.27. The van der Waals surface area contributed by atoms with Crippen LogP contribution >= 0.6 is 11.8 Å². The lowest BCUT2D eigenvalue weighted by atomic mass is 10.1. The molecule has 0 aromatic heterocycles. The normalized spacial score (nSPS) is 35.4. The van der Waals surface area contributed by atoms with Crippen molar-refractivity contribution in [1.82, 2.24) is 0 Å². The van der Waals surface area contributed by atoms with Crippen molar-refractivity contribution in [1.29, 1.82) is 0 Å². The highest BCUT2D eigenvalue weighted by Crippen LogP contribution is 2.42. The van der Waals surface area contributed by atoms with E-state index >= 15 is 0 Å². The molecule has 2 unspecified atom stereocenters. The lowest BCUT2D eigenvalue weighted by molar-refractivity contribution is -0.138. The van der Waals surface area contributed by atoms with Crippen LogP contribution in [0.2, 0.25) is 0 Å². The molecule has 1 saturated carbocycles. The van der Waals surface area contributed by atoms with E-state index < -0.39 is 5.97 Å². The maximum Gasteiger partial charge on any atom is 0.307 e. The molecular formula is C9H10O3S. The summed E-state index contributed by atoms with van der Waals surface area (Å²) < 4.78 is 0. The number of allylic oxidation sites excluding steroid dienone is 1. The summed E-state index contributed by atoms with van der Waals surface area (Å²) in [6.07, 6.45) is 3.38. The zero-order valence-corrected chi connectivity index (χ0v) is 7.84. The third-order valence-corrected chi connectivity index (χ3v) is 3.37. The molecule has 1 aliphatic heterocycles. The molecule has 0 spiro atoms. The Balaban J connectivity index is 1.98. The summed E-state index contributed by atoms with van der Waals surface area (Å²) >= 11 is 1.33. The quantitative estimate of drug-likeness (QED) is 0.679. The SMILES string of the molecule is O=C1SCCC1=CC1CC1C(=O)O. The second-order valence-electron chi connectivity index (χ2n) is 3.42. The first kappa shape index (κ1) is 8.81. The molecule has 1 aliphatic carbocycles. The van der Waals surface area contributed by atoms with Crippen molar-refractivity contribution >= 4 is 22.8 Å². The number of carboxylic acid groups (broad SMARTS) is 1. The second kappa shape index (κ2) is 3.18. The summed E-state index contributed by atoms with van der Waals surface area (Å²) in [4.78, 5) is 21.7. The largest absolute Gasteiger partial charge is 0.481 e. The molecule has 2 fully saturated rings. The Bertz CT molecular complexity index is 295. The Morgan fingerprint density at radius 1 is 1.62 bits per heavy atom. The number of hydrogen-bond acceptors (Lipinski definition) is 3. The lowest BCUT2D eigenvalue weighted by Crippen LogP contribution is -1.99. The Morgan fingerprint density at radius 2 is 2.38 bits per heavy atom. The Hall–Kier alpha value is -0.770. The molecule has 3 nitrogen and oxygen atoms in total. The first-order valence-electron chi connectivity index (χ1n) is 4.29. The summed E-state index contributed by atoms with van der Waals surface area (Å²) in [5.41, 5.74) is 0.832. The minimum absolute atomic E-state index is 0.121. The van der Waals surface area contributed by atoms with Crippen LogP contribution in [0.15, 0.2) is 11.6 Å². The zero-order valence-electron chi connectivity index (χ0n) is 7.03. The van der Waals surface area contributed by atoms with Crippen molar-refractivity contribution in [2.75, 3.05) is 5.75 Å². The molecule has 0 bridgehead atoms. The van der Waals surface area contributed by atoms with Gasteiger partial charge in [-0.25, -0.2) is 0 Å². The Kier molecular flexibility index (Phi) is 2.15. The molecule has 2 atom stereocenters. The van der Waals surface area contributed by atoms with Gasteiger partial charge >= 0.3 is 5.97 Å². The molecule has 0 aromatic carbocycles. The number of carbonyl (C=O) groups excluding carboxylic acids is 1. The molecule has 1 saturated heterocycles. The first-order chi connectivity index (χ1) is 6.18. The molecule has 0 radical (unpaired) electrons. The van der Waals surface area contributed by atoms with E-state index in [1.165, 1.54) is 11.8 Å². The molecule has 1 heterocycles. The average molecular weight is 198 g/mol. The van der Waals surface area contributed by atoms with Gasteiger partial charge in [0.05, 0.1) is 5.92 Å². The molecule has 2 rings (SSSR count). The molecular weight excluding hydrogens is 188 g/mol. The fraction of sp³-hybridized carbons (Fsp3) is 0.556. The Labute approximate surface area is 80.2 Å². The summed E-state index contributed by atoms with van der Waals surface area (Å²) in [6, 6.07) is 0. The van der Waals surface area contributed by atoms with Crippen LogP contribution in [0.25, 0.3) is 0 Å². The highest BCUT2D eigenvalue weighted by atomic mass is 32.2. The number of thioether (sulfide) groups is 1. The summed E-state index contributed by atoms with van der Waals surface area (Å²) in [5.74, 6) is 0.00998. The predicted molar refractivity (Wildman–Crippen MR) is 49.4 cm³/mol. The van der Waals surface area contributed by atoms with Gasteiger partial charge in [0.2, 0.25) is 5.12 Å². The van der Waals surface area contributed by atoms with Crippen LogP contribution in [0, 0.1) is 11.8 Å². The van der Waals surface area contributed by atoms with Gasteiger partial charge in [0.1, 0.15) is 0 Å². The van der Waals surface area contributed by atoms with Crippen LogP contribution < -0.4 is 0 Å². The van der Waals surface area contributed by atoms with Crippen LogP contribution in [-0.2, 0) is 9.59 Å². The number of hydrogen-bond donors (Lipinski definition) is 1. The molecule has 0 aromatic rings. The van der Waals surface area contributed by atoms with Crippen LogP contribution in [-0.4, -0.2) is 21.9 Å². The third kappa shape index (κ3) is 1.77. The van der Waals surface area contributed by atoms with Gasteiger partial charge in [-0.2, -0.15) is 0 Å². The highest BCUT2D eigenvalue weighted by molar-refractivity contribution is 8.14. The van der Waals surface area contributed by atoms with Crippen molar-refractivity contribution in [3.63, 3.8) is 0 Å². The average Bonchev–Trinajstić information content (AvgIpc) is 2.72. The van der Waals surface area contributed by atoms with Crippen LogP contribution in [0.1, 0.15) is 12.8 Å². The number of carboxylic acids is 1. The van der Waals surface area contributed by atoms with Crippen molar-refractivity contribution in [2.45, 2.75) is 12.8 Å². The molecule has 2 aliphatic rings. The monoisotopic (exact) mass is 198 g/mol. The second-order valence-corrected chi connectivity index (χ2v) is 4.49. The zero-order chi connectivity index (χ0) is 9.42. The Morgan fingerprint density at radius 3 is 2.85 bits per heavy atom. The van der Waals surface area contributed by atoms with Gasteiger partial charge in [-0.1, -0.05) is 17.8 Å². The van der Waals surface area contributed by atoms with E-state index in [1.807, 2.05) is 6.08 Å². The molecule has 13 heavy (non-hydrogen) atoms. The summed E-state index contributed by atoms with van der Waals surface area (Å²) in [5, 5.41) is 8.78. The molecule has 70 valence electrons. The maximum absolute atomic E-state index is 11.2. The van der Waals surface area contributed by atoms with Gasteiger partial charge in [0.25, 0.3) is 0 Å². The predicted octanol–water partition coefficient (Wildman–Crippen LogP) is 1.30. The van der Waals surface area contributed by atoms with Crippen molar-refractivity contribution in [2.24, 2.45) is 11.8 Å². The van der Waals surface area contributed by atoms with Gasteiger partial charge in [-0.3, -0.25) is 9.59 Å². The van der Waals surface area contributed by atoms with Crippen LogP contribution in [0.3, 0.4) is 0 Å². The van der Waals surface area contributed by atoms with Crippen molar-refractivity contribution in [3.05, 3.63) is 11.6 Å². The summed E-state index contributed by atoms with van der Waals surface area (Å²) in [7, 11) is 0. The van der Waals surface area contributed by atoms with E-state index in [9.17, 15) is 9.59 Å². The van der Waals surface area contributed by atoms with Gasteiger partial charge in [0, 0.05) is 11.3 Å². The number of rotatable bonds is 2. The van der Waals surface area contributed by atoms with E-state index in [-0.39, 0.29) is 17.0 Å². The van der Waals surface area contributed by atoms with Crippen molar-refractivity contribution in [3.8, 4) is 0 Å².